The molecule has 0 aromatic rings. The Morgan fingerprint density at radius 2 is 1.53 bits per heavy atom. The summed E-state index contributed by atoms with van der Waals surface area (Å²) in [6.07, 6.45) is -1.23. The van der Waals surface area contributed by atoms with Crippen LogP contribution in [0.25, 0.3) is 0 Å². The van der Waals surface area contributed by atoms with Gasteiger partial charge in [-0.2, -0.15) is 0 Å². The SMILES string of the molecule is CC(O)C(=O)O.COCCOCCOCCO. The van der Waals surface area contributed by atoms with Gasteiger partial charge in [0.2, 0.25) is 0 Å². The number of hydrogen-bond donors (Lipinski definition) is 3. The Hall–Kier alpha value is -0.730. The van der Waals surface area contributed by atoms with E-state index in [9.17, 15) is 4.79 Å². The molecule has 0 aromatic heterocycles. The topological polar surface area (TPSA) is 105 Å². The van der Waals surface area contributed by atoms with Crippen LogP contribution in [0.4, 0.5) is 0 Å². The zero-order valence-corrected chi connectivity index (χ0v) is 10.3. The summed E-state index contributed by atoms with van der Waals surface area (Å²) < 4.78 is 14.8. The Morgan fingerprint density at radius 3 is 1.88 bits per heavy atom. The molecule has 0 amide bonds. The first-order chi connectivity index (χ1) is 8.06. The largest absolute Gasteiger partial charge is 0.479 e. The number of ether oxygens (including phenoxy) is 3. The molecule has 0 spiro atoms. The molecule has 0 saturated carbocycles. The van der Waals surface area contributed by atoms with E-state index < -0.39 is 12.1 Å². The maximum atomic E-state index is 9.45. The minimum absolute atomic E-state index is 0.0675. The molecule has 0 fully saturated rings. The van der Waals surface area contributed by atoms with Crippen molar-refractivity contribution in [2.75, 3.05) is 46.8 Å². The van der Waals surface area contributed by atoms with E-state index in [1.807, 2.05) is 0 Å². The number of methoxy groups -OCH3 is 1. The van der Waals surface area contributed by atoms with Gasteiger partial charge < -0.3 is 29.5 Å². The highest BCUT2D eigenvalue weighted by molar-refractivity contribution is 5.71. The van der Waals surface area contributed by atoms with E-state index in [-0.39, 0.29) is 6.61 Å². The van der Waals surface area contributed by atoms with E-state index in [0.29, 0.717) is 33.0 Å². The van der Waals surface area contributed by atoms with Crippen molar-refractivity contribution in [3.63, 3.8) is 0 Å². The van der Waals surface area contributed by atoms with E-state index in [2.05, 4.69) is 0 Å². The minimum atomic E-state index is -1.23. The summed E-state index contributed by atoms with van der Waals surface area (Å²) in [6, 6.07) is 0. The van der Waals surface area contributed by atoms with E-state index in [1.165, 1.54) is 6.92 Å². The first-order valence-corrected chi connectivity index (χ1v) is 5.22. The van der Waals surface area contributed by atoms with Gasteiger partial charge in [0.15, 0.2) is 0 Å². The summed E-state index contributed by atoms with van der Waals surface area (Å²) in [6.45, 7) is 3.95. The maximum absolute atomic E-state index is 9.45. The maximum Gasteiger partial charge on any atom is 0.332 e. The molecule has 104 valence electrons. The Balaban J connectivity index is 0. The first-order valence-electron chi connectivity index (χ1n) is 5.22. The van der Waals surface area contributed by atoms with Crippen LogP contribution in [0.5, 0.6) is 0 Å². The summed E-state index contributed by atoms with van der Waals surface area (Å²) in [7, 11) is 1.63. The van der Waals surface area contributed by atoms with Crippen LogP contribution in [-0.2, 0) is 19.0 Å². The van der Waals surface area contributed by atoms with Gasteiger partial charge in [-0.25, -0.2) is 4.79 Å². The van der Waals surface area contributed by atoms with Crippen molar-refractivity contribution >= 4 is 5.97 Å². The highest BCUT2D eigenvalue weighted by atomic mass is 16.5. The zero-order valence-electron chi connectivity index (χ0n) is 10.3. The fourth-order valence-electron chi connectivity index (χ4n) is 0.529. The van der Waals surface area contributed by atoms with E-state index >= 15 is 0 Å². The molecule has 0 radical (unpaired) electrons. The smallest absolute Gasteiger partial charge is 0.332 e. The Morgan fingerprint density at radius 1 is 1.12 bits per heavy atom. The van der Waals surface area contributed by atoms with Crippen LogP contribution in [0.2, 0.25) is 0 Å². The molecule has 0 aromatic carbocycles. The Bertz CT molecular complexity index is 153. The normalized spacial score (nSPS) is 11.5. The van der Waals surface area contributed by atoms with Crippen molar-refractivity contribution in [2.24, 2.45) is 0 Å². The lowest BCUT2D eigenvalue weighted by atomic mass is 10.4. The van der Waals surface area contributed by atoms with Crippen molar-refractivity contribution in [3.8, 4) is 0 Å². The van der Waals surface area contributed by atoms with Gasteiger partial charge in [-0.05, 0) is 6.92 Å². The van der Waals surface area contributed by atoms with Crippen LogP contribution < -0.4 is 0 Å². The lowest BCUT2D eigenvalue weighted by Crippen LogP contribution is -2.13. The second kappa shape index (κ2) is 15.3. The summed E-state index contributed by atoms with van der Waals surface area (Å²) in [5.41, 5.74) is 0. The zero-order chi connectivity index (χ0) is 13.5. The number of aliphatic hydroxyl groups excluding tert-OH is 2. The highest BCUT2D eigenvalue weighted by Gasteiger charge is 2.01. The van der Waals surface area contributed by atoms with Crippen LogP contribution in [-0.4, -0.2) is 74.1 Å². The third-order valence-corrected chi connectivity index (χ3v) is 1.40. The van der Waals surface area contributed by atoms with Gasteiger partial charge in [-0.15, -0.1) is 0 Å². The van der Waals surface area contributed by atoms with Gasteiger partial charge in [0, 0.05) is 7.11 Å². The van der Waals surface area contributed by atoms with Gasteiger partial charge in [-0.1, -0.05) is 0 Å². The molecule has 0 bridgehead atoms. The van der Waals surface area contributed by atoms with Crippen LogP contribution in [0, 0.1) is 0 Å². The molecule has 0 saturated heterocycles. The summed E-state index contributed by atoms with van der Waals surface area (Å²) >= 11 is 0. The molecule has 0 aliphatic heterocycles. The minimum Gasteiger partial charge on any atom is -0.479 e. The van der Waals surface area contributed by atoms with E-state index in [1.54, 1.807) is 7.11 Å². The second-order valence-corrected chi connectivity index (χ2v) is 2.96. The molecule has 7 nitrogen and oxygen atoms in total. The molecule has 0 rings (SSSR count). The monoisotopic (exact) mass is 254 g/mol. The van der Waals surface area contributed by atoms with Gasteiger partial charge in [0.25, 0.3) is 0 Å². The van der Waals surface area contributed by atoms with Crippen molar-refractivity contribution in [2.45, 2.75) is 13.0 Å². The number of carbonyl (C=O) groups is 1. The standard InChI is InChI=1S/C7H16O4.C3H6O3/c1-9-4-5-11-7-6-10-3-2-8;1-2(4)3(5)6/h8H,2-7H2,1H3;2,4H,1H3,(H,5,6). The molecular weight excluding hydrogens is 232 g/mol. The van der Waals surface area contributed by atoms with Crippen molar-refractivity contribution in [1.82, 2.24) is 0 Å². The van der Waals surface area contributed by atoms with Crippen LogP contribution in [0.1, 0.15) is 6.92 Å². The third-order valence-electron chi connectivity index (χ3n) is 1.40. The number of aliphatic hydroxyl groups is 2. The van der Waals surface area contributed by atoms with E-state index in [4.69, 9.17) is 29.5 Å². The van der Waals surface area contributed by atoms with Crippen molar-refractivity contribution < 1.29 is 34.3 Å². The molecule has 1 atom stereocenters. The number of aliphatic carboxylic acids is 1. The molecule has 7 heteroatoms. The second-order valence-electron chi connectivity index (χ2n) is 2.96. The number of hydrogen-bond acceptors (Lipinski definition) is 6. The lowest BCUT2D eigenvalue weighted by Gasteiger charge is -2.03. The number of rotatable bonds is 9. The Kier molecular flexibility index (Phi) is 16.7. The molecule has 0 aliphatic carbocycles. The fraction of sp³-hybridized carbons (Fsp3) is 0.900. The average Bonchev–Trinajstić information content (AvgIpc) is 2.29. The molecule has 3 N–H and O–H groups in total. The predicted molar refractivity (Wildman–Crippen MR) is 59.9 cm³/mol. The molecule has 1 unspecified atom stereocenters. The molecule has 0 aliphatic rings. The van der Waals surface area contributed by atoms with Gasteiger partial charge >= 0.3 is 5.97 Å². The number of carboxylic acids is 1. The van der Waals surface area contributed by atoms with Crippen LogP contribution >= 0.6 is 0 Å². The van der Waals surface area contributed by atoms with Crippen LogP contribution in [0.15, 0.2) is 0 Å². The van der Waals surface area contributed by atoms with E-state index in [0.717, 1.165) is 0 Å². The summed E-state index contributed by atoms with van der Waals surface area (Å²) in [5.74, 6) is -1.19. The summed E-state index contributed by atoms with van der Waals surface area (Å²) in [5, 5.41) is 24.1. The quantitative estimate of drug-likeness (QED) is 0.458. The number of carboxylic acid groups (broad SMARTS) is 1. The summed E-state index contributed by atoms with van der Waals surface area (Å²) in [4.78, 5) is 9.45. The van der Waals surface area contributed by atoms with Gasteiger partial charge in [0.1, 0.15) is 6.10 Å². The third kappa shape index (κ3) is 21.2. The lowest BCUT2D eigenvalue weighted by molar-refractivity contribution is -0.145. The fourth-order valence-corrected chi connectivity index (χ4v) is 0.529. The highest BCUT2D eigenvalue weighted by Crippen LogP contribution is 1.78. The molecular formula is C10H22O7. The molecule has 0 heterocycles. The van der Waals surface area contributed by atoms with Crippen molar-refractivity contribution in [3.05, 3.63) is 0 Å². The van der Waals surface area contributed by atoms with Gasteiger partial charge in [0.05, 0.1) is 39.6 Å². The Labute approximate surface area is 101 Å². The predicted octanol–water partition coefficient (Wildman–Crippen LogP) is -0.890. The van der Waals surface area contributed by atoms with Crippen molar-refractivity contribution in [1.29, 1.82) is 0 Å². The molecule has 17 heavy (non-hydrogen) atoms. The van der Waals surface area contributed by atoms with Crippen LogP contribution in [0.3, 0.4) is 0 Å². The van der Waals surface area contributed by atoms with Gasteiger partial charge in [-0.3, -0.25) is 0 Å². The average molecular weight is 254 g/mol. The first kappa shape index (κ1) is 18.6.